The van der Waals surface area contributed by atoms with Crippen molar-refractivity contribution in [1.29, 1.82) is 0 Å². The lowest BCUT2D eigenvalue weighted by atomic mass is 10.0. The quantitative estimate of drug-likeness (QED) is 0.640. The summed E-state index contributed by atoms with van der Waals surface area (Å²) in [7, 11) is 0. The fourth-order valence-electron chi connectivity index (χ4n) is 3.49. The lowest BCUT2D eigenvalue weighted by Crippen LogP contribution is -2.46. The molecule has 1 aliphatic rings. The lowest BCUT2D eigenvalue weighted by molar-refractivity contribution is -0.142. The zero-order valence-corrected chi connectivity index (χ0v) is 17.3. The number of benzene rings is 1. The first-order chi connectivity index (χ1) is 14.0. The second kappa shape index (κ2) is 9.69. The molecular weight excluding hydrogens is 392 g/mol. The van der Waals surface area contributed by atoms with Crippen LogP contribution in [0.4, 0.5) is 0 Å². The van der Waals surface area contributed by atoms with Crippen molar-refractivity contribution in [2.75, 3.05) is 19.6 Å². The number of piperidine rings is 1. The van der Waals surface area contributed by atoms with E-state index in [1.807, 2.05) is 12.1 Å². The zero-order chi connectivity index (χ0) is 20.8. The number of carbonyl (C=O) groups is 2. The molecule has 1 atom stereocenters. The summed E-state index contributed by atoms with van der Waals surface area (Å²) in [5, 5.41) is 4.66. The van der Waals surface area contributed by atoms with Crippen molar-refractivity contribution in [1.82, 2.24) is 19.9 Å². The van der Waals surface area contributed by atoms with Crippen molar-refractivity contribution in [2.24, 2.45) is 0 Å². The first kappa shape index (κ1) is 21.0. The number of nitrogens with zero attached hydrogens (tertiary/aromatic N) is 4. The van der Waals surface area contributed by atoms with Crippen molar-refractivity contribution < 1.29 is 14.1 Å². The number of aromatic nitrogens is 2. The molecule has 8 heteroatoms. The number of hydrogen-bond acceptors (Lipinski definition) is 5. The SMILES string of the molecule is C=CCN(CC(=O)N1CCCC[C@H]1c1nc(-c2cccc(Cl)c2)no1)C(=O)CC. The monoisotopic (exact) mass is 416 g/mol. The maximum atomic E-state index is 13.0. The first-order valence-corrected chi connectivity index (χ1v) is 10.2. The highest BCUT2D eigenvalue weighted by Gasteiger charge is 2.33. The van der Waals surface area contributed by atoms with Gasteiger partial charge in [-0.05, 0) is 31.4 Å². The van der Waals surface area contributed by atoms with E-state index >= 15 is 0 Å². The summed E-state index contributed by atoms with van der Waals surface area (Å²) in [6.07, 6.45) is 4.58. The summed E-state index contributed by atoms with van der Waals surface area (Å²) in [4.78, 5) is 32.9. The van der Waals surface area contributed by atoms with Gasteiger partial charge in [0.05, 0.1) is 0 Å². The van der Waals surface area contributed by atoms with E-state index in [9.17, 15) is 9.59 Å². The second-order valence-corrected chi connectivity index (χ2v) is 7.42. The Kier molecular flexibility index (Phi) is 7.04. The van der Waals surface area contributed by atoms with Gasteiger partial charge in [-0.25, -0.2) is 0 Å². The lowest BCUT2D eigenvalue weighted by Gasteiger charge is -2.35. The maximum Gasteiger partial charge on any atom is 0.249 e. The van der Waals surface area contributed by atoms with Gasteiger partial charge in [-0.1, -0.05) is 41.9 Å². The highest BCUT2D eigenvalue weighted by Crippen LogP contribution is 2.31. The molecule has 0 radical (unpaired) electrons. The van der Waals surface area contributed by atoms with Gasteiger partial charge in [-0.2, -0.15) is 4.98 Å². The Hall–Kier alpha value is -2.67. The van der Waals surface area contributed by atoms with E-state index in [4.69, 9.17) is 16.1 Å². The molecule has 1 aromatic heterocycles. The largest absolute Gasteiger partial charge is 0.337 e. The van der Waals surface area contributed by atoms with Gasteiger partial charge in [-0.3, -0.25) is 9.59 Å². The Labute approximate surface area is 175 Å². The molecule has 0 unspecified atom stereocenters. The molecule has 1 saturated heterocycles. The van der Waals surface area contributed by atoms with Crippen LogP contribution in [0.2, 0.25) is 5.02 Å². The third-order valence-corrected chi connectivity index (χ3v) is 5.20. The molecule has 29 heavy (non-hydrogen) atoms. The number of hydrogen-bond donors (Lipinski definition) is 0. The molecule has 154 valence electrons. The van der Waals surface area contributed by atoms with E-state index in [1.165, 1.54) is 4.90 Å². The predicted molar refractivity (Wildman–Crippen MR) is 110 cm³/mol. The van der Waals surface area contributed by atoms with Crippen LogP contribution >= 0.6 is 11.6 Å². The molecule has 0 bridgehead atoms. The van der Waals surface area contributed by atoms with Crippen molar-refractivity contribution >= 4 is 23.4 Å². The Morgan fingerprint density at radius 3 is 2.97 bits per heavy atom. The van der Waals surface area contributed by atoms with Crippen molar-refractivity contribution in [3.63, 3.8) is 0 Å². The number of likely N-dealkylation sites (tertiary alicyclic amines) is 1. The topological polar surface area (TPSA) is 79.5 Å². The molecule has 1 aliphatic heterocycles. The van der Waals surface area contributed by atoms with Crippen LogP contribution < -0.4 is 0 Å². The minimum Gasteiger partial charge on any atom is -0.337 e. The van der Waals surface area contributed by atoms with Crippen LogP contribution in [0.1, 0.15) is 44.5 Å². The molecule has 2 aromatic rings. The Bertz CT molecular complexity index is 882. The number of rotatable bonds is 7. The van der Waals surface area contributed by atoms with Gasteiger partial charge in [0.25, 0.3) is 0 Å². The van der Waals surface area contributed by atoms with E-state index in [0.717, 1.165) is 24.8 Å². The average molecular weight is 417 g/mol. The molecule has 1 aromatic carbocycles. The van der Waals surface area contributed by atoms with Crippen LogP contribution in [-0.4, -0.2) is 51.4 Å². The van der Waals surface area contributed by atoms with Crippen molar-refractivity contribution in [3.8, 4) is 11.4 Å². The van der Waals surface area contributed by atoms with E-state index in [1.54, 1.807) is 30.0 Å². The van der Waals surface area contributed by atoms with Crippen LogP contribution in [0.3, 0.4) is 0 Å². The van der Waals surface area contributed by atoms with Crippen LogP contribution in [-0.2, 0) is 9.59 Å². The Morgan fingerprint density at radius 1 is 1.41 bits per heavy atom. The highest BCUT2D eigenvalue weighted by molar-refractivity contribution is 6.30. The minimum atomic E-state index is -0.293. The number of halogens is 1. The average Bonchev–Trinajstić information content (AvgIpc) is 3.23. The van der Waals surface area contributed by atoms with Crippen LogP contribution in [0.5, 0.6) is 0 Å². The van der Waals surface area contributed by atoms with E-state index in [0.29, 0.717) is 36.2 Å². The Morgan fingerprint density at radius 2 is 2.24 bits per heavy atom. The molecule has 0 aliphatic carbocycles. The molecule has 1 fully saturated rings. The van der Waals surface area contributed by atoms with Crippen LogP contribution in [0.15, 0.2) is 41.4 Å². The third-order valence-electron chi connectivity index (χ3n) is 4.96. The van der Waals surface area contributed by atoms with E-state index in [2.05, 4.69) is 16.7 Å². The van der Waals surface area contributed by atoms with Crippen LogP contribution in [0, 0.1) is 0 Å². The first-order valence-electron chi connectivity index (χ1n) is 9.81. The molecule has 7 nitrogen and oxygen atoms in total. The maximum absolute atomic E-state index is 13.0. The fraction of sp³-hybridized carbons (Fsp3) is 0.429. The summed E-state index contributed by atoms with van der Waals surface area (Å²) in [6.45, 7) is 6.42. The summed E-state index contributed by atoms with van der Waals surface area (Å²) < 4.78 is 5.51. The summed E-state index contributed by atoms with van der Waals surface area (Å²) in [6, 6.07) is 6.93. The molecule has 0 saturated carbocycles. The van der Waals surface area contributed by atoms with Crippen molar-refractivity contribution in [3.05, 3.63) is 47.8 Å². The van der Waals surface area contributed by atoms with E-state index in [-0.39, 0.29) is 24.4 Å². The molecule has 3 rings (SSSR count). The smallest absolute Gasteiger partial charge is 0.249 e. The molecule has 2 heterocycles. The van der Waals surface area contributed by atoms with Crippen molar-refractivity contribution in [2.45, 2.75) is 38.6 Å². The third kappa shape index (κ3) is 5.03. The van der Waals surface area contributed by atoms with E-state index < -0.39 is 0 Å². The normalized spacial score (nSPS) is 16.5. The highest BCUT2D eigenvalue weighted by atomic mass is 35.5. The van der Waals surface area contributed by atoms with Gasteiger partial charge in [0.1, 0.15) is 12.6 Å². The standard InChI is InChI=1S/C21H25ClN4O3/c1-3-11-25(18(27)4-2)14-19(28)26-12-6-5-10-17(26)21-23-20(24-29-21)15-8-7-9-16(22)13-15/h3,7-9,13,17H,1,4-6,10-12,14H2,2H3/t17-/m0/s1. The van der Waals surface area contributed by atoms with Gasteiger partial charge in [0, 0.05) is 30.1 Å². The zero-order valence-electron chi connectivity index (χ0n) is 16.5. The molecular formula is C21H25ClN4O3. The molecule has 0 spiro atoms. The van der Waals surface area contributed by atoms with Gasteiger partial charge in [0.15, 0.2) is 0 Å². The summed E-state index contributed by atoms with van der Waals surface area (Å²) in [5.41, 5.74) is 0.756. The summed E-state index contributed by atoms with van der Waals surface area (Å²) in [5.74, 6) is 0.647. The van der Waals surface area contributed by atoms with Gasteiger partial charge >= 0.3 is 0 Å². The Balaban J connectivity index is 1.78. The fourth-order valence-corrected chi connectivity index (χ4v) is 3.68. The number of carbonyl (C=O) groups excluding carboxylic acids is 2. The van der Waals surface area contributed by atoms with Crippen LogP contribution in [0.25, 0.3) is 11.4 Å². The summed E-state index contributed by atoms with van der Waals surface area (Å²) >= 11 is 6.05. The van der Waals surface area contributed by atoms with Gasteiger partial charge < -0.3 is 14.3 Å². The minimum absolute atomic E-state index is 0.0183. The van der Waals surface area contributed by atoms with Gasteiger partial charge in [0.2, 0.25) is 23.5 Å². The second-order valence-electron chi connectivity index (χ2n) is 6.98. The van der Waals surface area contributed by atoms with Gasteiger partial charge in [-0.15, -0.1) is 6.58 Å². The predicted octanol–water partition coefficient (Wildman–Crippen LogP) is 3.87. The molecule has 2 amide bonds. The molecule has 0 N–H and O–H groups in total. The number of amides is 2.